The molecular formula is C19H19N3O3. The monoisotopic (exact) mass is 337 g/mol. The molecule has 0 unspecified atom stereocenters. The van der Waals surface area contributed by atoms with Crippen LogP contribution in [0.3, 0.4) is 0 Å². The second-order valence-electron chi connectivity index (χ2n) is 5.39. The molecule has 0 atom stereocenters. The summed E-state index contributed by atoms with van der Waals surface area (Å²) < 4.78 is 5.09. The normalized spacial score (nSPS) is 9.80. The highest BCUT2D eigenvalue weighted by Crippen LogP contribution is 2.16. The Morgan fingerprint density at radius 2 is 1.92 bits per heavy atom. The maximum absolute atomic E-state index is 12.2. The van der Waals surface area contributed by atoms with Crippen molar-refractivity contribution in [3.05, 3.63) is 59.7 Å². The van der Waals surface area contributed by atoms with E-state index < -0.39 is 0 Å². The molecule has 0 aromatic heterocycles. The van der Waals surface area contributed by atoms with E-state index in [1.807, 2.05) is 30.3 Å². The molecule has 2 aromatic carbocycles. The van der Waals surface area contributed by atoms with Crippen molar-refractivity contribution in [2.75, 3.05) is 18.6 Å². The Hall–Kier alpha value is -3.33. The predicted molar refractivity (Wildman–Crippen MR) is 94.0 cm³/mol. The number of carbonyl (C=O) groups is 2. The lowest BCUT2D eigenvalue weighted by Crippen LogP contribution is -2.39. The molecule has 2 aromatic rings. The Morgan fingerprint density at radius 3 is 2.52 bits per heavy atom. The Labute approximate surface area is 146 Å². The van der Waals surface area contributed by atoms with Crippen LogP contribution in [0.4, 0.5) is 5.69 Å². The van der Waals surface area contributed by atoms with Gasteiger partial charge in [-0.05, 0) is 35.9 Å². The molecule has 0 saturated heterocycles. The fourth-order valence-electron chi connectivity index (χ4n) is 2.27. The van der Waals surface area contributed by atoms with Crippen LogP contribution in [-0.2, 0) is 16.1 Å². The Balaban J connectivity index is 2.00. The largest absolute Gasteiger partial charge is 0.497 e. The molecule has 0 aliphatic heterocycles. The lowest BCUT2D eigenvalue weighted by atomic mass is 10.2. The number of carbonyl (C=O) groups excluding carboxylic acids is 2. The molecule has 25 heavy (non-hydrogen) atoms. The third kappa shape index (κ3) is 5.08. The van der Waals surface area contributed by atoms with Crippen molar-refractivity contribution in [1.29, 1.82) is 5.26 Å². The molecule has 128 valence electrons. The minimum atomic E-state index is -0.284. The molecule has 0 fully saturated rings. The van der Waals surface area contributed by atoms with Gasteiger partial charge in [-0.1, -0.05) is 18.2 Å². The Bertz CT molecular complexity index is 794. The number of benzene rings is 2. The van der Waals surface area contributed by atoms with Crippen LogP contribution in [0.5, 0.6) is 5.75 Å². The van der Waals surface area contributed by atoms with Crippen molar-refractivity contribution in [3.8, 4) is 11.8 Å². The SMILES string of the molecule is COc1ccc(CNC(=O)CN(C(C)=O)c2cccc(C#N)c2)cc1. The molecule has 0 radical (unpaired) electrons. The highest BCUT2D eigenvalue weighted by Gasteiger charge is 2.16. The molecule has 0 aliphatic carbocycles. The lowest BCUT2D eigenvalue weighted by Gasteiger charge is -2.21. The zero-order valence-corrected chi connectivity index (χ0v) is 14.2. The summed E-state index contributed by atoms with van der Waals surface area (Å²) in [5.41, 5.74) is 1.88. The zero-order chi connectivity index (χ0) is 18.2. The molecule has 0 spiro atoms. The third-order valence-corrected chi connectivity index (χ3v) is 3.62. The molecule has 6 heteroatoms. The minimum absolute atomic E-state index is 0.111. The van der Waals surface area contributed by atoms with Gasteiger partial charge >= 0.3 is 0 Å². The average Bonchev–Trinajstić information content (AvgIpc) is 2.64. The van der Waals surface area contributed by atoms with Gasteiger partial charge in [0, 0.05) is 19.2 Å². The van der Waals surface area contributed by atoms with E-state index in [-0.39, 0.29) is 18.4 Å². The smallest absolute Gasteiger partial charge is 0.240 e. The van der Waals surface area contributed by atoms with Crippen LogP contribution < -0.4 is 15.0 Å². The van der Waals surface area contributed by atoms with Crippen molar-refractivity contribution in [3.63, 3.8) is 0 Å². The van der Waals surface area contributed by atoms with E-state index in [0.29, 0.717) is 17.8 Å². The maximum Gasteiger partial charge on any atom is 0.240 e. The fraction of sp³-hybridized carbons (Fsp3) is 0.211. The van der Waals surface area contributed by atoms with E-state index in [1.54, 1.807) is 31.4 Å². The van der Waals surface area contributed by atoms with Gasteiger partial charge in [0.15, 0.2) is 0 Å². The number of nitriles is 1. The number of nitrogens with one attached hydrogen (secondary N) is 1. The second kappa shape index (κ2) is 8.50. The number of hydrogen-bond donors (Lipinski definition) is 1. The number of rotatable bonds is 6. The molecule has 0 bridgehead atoms. The predicted octanol–water partition coefficient (Wildman–Crippen LogP) is 2.24. The van der Waals surface area contributed by atoms with Crippen molar-refractivity contribution in [2.45, 2.75) is 13.5 Å². The van der Waals surface area contributed by atoms with E-state index in [1.165, 1.54) is 11.8 Å². The first-order valence-corrected chi connectivity index (χ1v) is 7.71. The first-order chi connectivity index (χ1) is 12.0. The summed E-state index contributed by atoms with van der Waals surface area (Å²) in [6, 6.07) is 16.0. The van der Waals surface area contributed by atoms with Crippen molar-refractivity contribution in [2.24, 2.45) is 0 Å². The molecule has 6 nitrogen and oxygen atoms in total. The number of amides is 2. The van der Waals surface area contributed by atoms with Crippen molar-refractivity contribution >= 4 is 17.5 Å². The van der Waals surface area contributed by atoms with Crippen LogP contribution in [0, 0.1) is 11.3 Å². The minimum Gasteiger partial charge on any atom is -0.497 e. The topological polar surface area (TPSA) is 82.4 Å². The van der Waals surface area contributed by atoms with Crippen molar-refractivity contribution in [1.82, 2.24) is 5.32 Å². The highest BCUT2D eigenvalue weighted by atomic mass is 16.5. The first kappa shape index (κ1) is 18.0. The molecule has 2 amide bonds. The molecule has 0 saturated carbocycles. The van der Waals surface area contributed by atoms with Crippen LogP contribution in [0.1, 0.15) is 18.1 Å². The van der Waals surface area contributed by atoms with E-state index in [2.05, 4.69) is 5.32 Å². The summed E-state index contributed by atoms with van der Waals surface area (Å²) in [5, 5.41) is 11.8. The van der Waals surface area contributed by atoms with Gasteiger partial charge < -0.3 is 15.0 Å². The van der Waals surface area contributed by atoms with Crippen molar-refractivity contribution < 1.29 is 14.3 Å². The number of hydrogen-bond acceptors (Lipinski definition) is 4. The Morgan fingerprint density at radius 1 is 1.20 bits per heavy atom. The second-order valence-corrected chi connectivity index (χ2v) is 5.39. The number of nitrogens with zero attached hydrogens (tertiary/aromatic N) is 2. The summed E-state index contributed by atoms with van der Waals surface area (Å²) in [6.45, 7) is 1.63. The molecule has 0 aliphatic rings. The van der Waals surface area contributed by atoms with Gasteiger partial charge in [0.05, 0.1) is 18.7 Å². The zero-order valence-electron chi connectivity index (χ0n) is 14.2. The van der Waals surface area contributed by atoms with Gasteiger partial charge in [-0.15, -0.1) is 0 Å². The van der Waals surface area contributed by atoms with Crippen LogP contribution in [0.25, 0.3) is 0 Å². The van der Waals surface area contributed by atoms with Crippen LogP contribution in [0.15, 0.2) is 48.5 Å². The van der Waals surface area contributed by atoms with Crippen LogP contribution >= 0.6 is 0 Å². The van der Waals surface area contributed by atoms with Gasteiger partial charge in [-0.2, -0.15) is 5.26 Å². The summed E-state index contributed by atoms with van der Waals surface area (Å²) in [5.74, 6) is 0.193. The van der Waals surface area contributed by atoms with Gasteiger partial charge in [0.1, 0.15) is 12.3 Å². The summed E-state index contributed by atoms with van der Waals surface area (Å²) in [4.78, 5) is 25.4. The van der Waals surface area contributed by atoms with Crippen LogP contribution in [0.2, 0.25) is 0 Å². The van der Waals surface area contributed by atoms with Gasteiger partial charge in [-0.3, -0.25) is 9.59 Å². The fourth-order valence-corrected chi connectivity index (χ4v) is 2.27. The molecule has 2 rings (SSSR count). The van der Waals surface area contributed by atoms with Gasteiger partial charge in [0.2, 0.25) is 11.8 Å². The highest BCUT2D eigenvalue weighted by molar-refractivity contribution is 5.97. The molecule has 0 heterocycles. The number of ether oxygens (including phenoxy) is 1. The number of anilines is 1. The van der Waals surface area contributed by atoms with E-state index in [0.717, 1.165) is 11.3 Å². The maximum atomic E-state index is 12.2. The number of methoxy groups -OCH3 is 1. The summed E-state index contributed by atoms with van der Waals surface area (Å²) in [6.07, 6.45) is 0. The van der Waals surface area contributed by atoms with Crippen LogP contribution in [-0.4, -0.2) is 25.5 Å². The molecular weight excluding hydrogens is 318 g/mol. The van der Waals surface area contributed by atoms with E-state index in [4.69, 9.17) is 10.00 Å². The lowest BCUT2D eigenvalue weighted by molar-refractivity contribution is -0.123. The van der Waals surface area contributed by atoms with E-state index in [9.17, 15) is 9.59 Å². The third-order valence-electron chi connectivity index (χ3n) is 3.62. The van der Waals surface area contributed by atoms with Gasteiger partial charge in [0.25, 0.3) is 0 Å². The first-order valence-electron chi connectivity index (χ1n) is 7.71. The van der Waals surface area contributed by atoms with Gasteiger partial charge in [-0.25, -0.2) is 0 Å². The molecule has 1 N–H and O–H groups in total. The standard InChI is InChI=1S/C19H19N3O3/c1-14(23)22(17-5-3-4-16(10-17)11-20)13-19(24)21-12-15-6-8-18(25-2)9-7-15/h3-10H,12-13H2,1-2H3,(H,21,24). The summed E-state index contributed by atoms with van der Waals surface area (Å²) in [7, 11) is 1.59. The quantitative estimate of drug-likeness (QED) is 0.876. The average molecular weight is 337 g/mol. The van der Waals surface area contributed by atoms with E-state index >= 15 is 0 Å². The Kier molecular flexibility index (Phi) is 6.13. The summed E-state index contributed by atoms with van der Waals surface area (Å²) >= 11 is 0.